The molecule has 53 heavy (non-hydrogen) atoms. The summed E-state index contributed by atoms with van der Waals surface area (Å²) >= 11 is 4.03. The van der Waals surface area contributed by atoms with Crippen LogP contribution < -0.4 is 58.4 Å². The number of benzene rings is 7. The lowest BCUT2D eigenvalue weighted by molar-refractivity contribution is 1.17. The van der Waals surface area contributed by atoms with Crippen LogP contribution in [0.15, 0.2) is 141 Å². The van der Waals surface area contributed by atoms with Crippen molar-refractivity contribution in [2.45, 2.75) is 54.2 Å². The van der Waals surface area contributed by atoms with Gasteiger partial charge >= 0.3 is 0 Å². The molecule has 0 N–H and O–H groups in total. The molecule has 0 atom stereocenters. The lowest BCUT2D eigenvalue weighted by Crippen LogP contribution is -2.81. The van der Waals surface area contributed by atoms with Crippen molar-refractivity contribution in [3.05, 3.63) is 149 Å². The van der Waals surface area contributed by atoms with Crippen LogP contribution >= 0.6 is 23.5 Å². The van der Waals surface area contributed by atoms with Crippen molar-refractivity contribution in [2.75, 3.05) is 4.90 Å². The van der Waals surface area contributed by atoms with Gasteiger partial charge in [0.25, 0.3) is 0 Å². The molecule has 0 spiro atoms. The molecule has 12 rings (SSSR count). The Morgan fingerprint density at radius 1 is 0.453 bits per heavy atom. The summed E-state index contributed by atoms with van der Waals surface area (Å²) in [5, 5.41) is 5.97. The quantitative estimate of drug-likeness (QED) is 0.232. The van der Waals surface area contributed by atoms with Gasteiger partial charge < -0.3 is 4.90 Å². The van der Waals surface area contributed by atoms with E-state index in [9.17, 15) is 0 Å². The number of fused-ring (bicyclic) bond motifs is 6. The van der Waals surface area contributed by atoms with Crippen molar-refractivity contribution in [3.8, 4) is 0 Å². The summed E-state index contributed by atoms with van der Waals surface area (Å²) in [6.07, 6.45) is 0. The SMILES string of the molecule is Cc1ccc2c(c1)B1c3cc(C)cc4c3N3c5c(cc(C)cc5[Si]4(c4ccccc4)c4ccccc4)B4c5cc(C)ccc5Sc5c(C)c(c1c3c54)S2. The lowest BCUT2D eigenvalue weighted by atomic mass is 9.30. The molecule has 0 aliphatic carbocycles. The van der Waals surface area contributed by atoms with Gasteiger partial charge in [0.15, 0.2) is 8.07 Å². The van der Waals surface area contributed by atoms with E-state index in [4.69, 9.17) is 0 Å². The minimum Gasteiger partial charge on any atom is -0.313 e. The van der Waals surface area contributed by atoms with Gasteiger partial charge in [-0.15, -0.1) is 0 Å². The Kier molecular flexibility index (Phi) is 6.12. The third-order valence-electron chi connectivity index (χ3n) is 12.7. The number of hydrogen-bond acceptors (Lipinski definition) is 3. The zero-order valence-electron chi connectivity index (χ0n) is 30.5. The second-order valence-electron chi connectivity index (χ2n) is 15.9. The molecule has 0 amide bonds. The fraction of sp³-hybridized carbons (Fsp3) is 0.106. The Morgan fingerprint density at radius 2 is 0.887 bits per heavy atom. The van der Waals surface area contributed by atoms with Gasteiger partial charge in [-0.3, -0.25) is 0 Å². The summed E-state index contributed by atoms with van der Waals surface area (Å²) in [5.74, 6) is 0. The van der Waals surface area contributed by atoms with Crippen LogP contribution in [0.1, 0.15) is 27.8 Å². The summed E-state index contributed by atoms with van der Waals surface area (Å²) in [5.41, 5.74) is 20.1. The molecule has 0 fully saturated rings. The maximum Gasteiger partial charge on any atom is 0.249 e. The Hall–Kier alpha value is -4.61. The van der Waals surface area contributed by atoms with E-state index in [0.29, 0.717) is 0 Å². The Bertz CT molecular complexity index is 2630. The van der Waals surface area contributed by atoms with Crippen molar-refractivity contribution < 1.29 is 0 Å². The maximum absolute atomic E-state index is 2.86. The highest BCUT2D eigenvalue weighted by Gasteiger charge is 2.58. The molecule has 0 bridgehead atoms. The zero-order valence-corrected chi connectivity index (χ0v) is 33.1. The fourth-order valence-electron chi connectivity index (χ4n) is 10.8. The average molecular weight is 728 g/mol. The molecule has 0 unspecified atom stereocenters. The molecule has 0 saturated carbocycles. The predicted molar refractivity (Wildman–Crippen MR) is 232 cm³/mol. The third-order valence-corrected chi connectivity index (χ3v) is 20.1. The standard InChI is InChI=1S/C47H35B2NS2Si/c1-26-16-18-37-33(20-26)48-35-22-28(3)24-39-43(35)50-44-36(23-29(4)25-40(44)53(39,31-12-8-6-9-13-31)32-14-10-7-11-15-32)49-34-21-27(2)17-19-38(34)52-47-30(5)46(51-37)41(48)45(50)42(47)49/h6-25H,1-5H3. The van der Waals surface area contributed by atoms with Gasteiger partial charge in [0, 0.05) is 36.6 Å². The normalized spacial score (nSPS) is 15.5. The lowest BCUT2D eigenvalue weighted by Gasteiger charge is -2.54. The number of rotatable bonds is 2. The molecule has 5 aliphatic heterocycles. The van der Waals surface area contributed by atoms with E-state index in [1.54, 1.807) is 0 Å². The Morgan fingerprint density at radius 3 is 1.34 bits per heavy atom. The molecule has 7 aromatic rings. The highest BCUT2D eigenvalue weighted by atomic mass is 32.2. The molecule has 6 heteroatoms. The first-order chi connectivity index (χ1) is 25.8. The Labute approximate surface area is 322 Å². The van der Waals surface area contributed by atoms with Crippen LogP contribution in [0.3, 0.4) is 0 Å². The van der Waals surface area contributed by atoms with Gasteiger partial charge in [-0.25, -0.2) is 0 Å². The first-order valence-electron chi connectivity index (χ1n) is 18.8. The van der Waals surface area contributed by atoms with E-state index in [1.165, 1.54) is 118 Å². The average Bonchev–Trinajstić information content (AvgIpc) is 3.17. The monoisotopic (exact) mass is 727 g/mol. The van der Waals surface area contributed by atoms with Crippen LogP contribution in [0.5, 0.6) is 0 Å². The summed E-state index contributed by atoms with van der Waals surface area (Å²) in [7, 11) is -2.86. The molecule has 250 valence electrons. The minimum atomic E-state index is -2.86. The summed E-state index contributed by atoms with van der Waals surface area (Å²) in [6.45, 7) is 12.0. The molecule has 0 radical (unpaired) electrons. The predicted octanol–water partition coefficient (Wildman–Crippen LogP) is 4.98. The molecule has 0 aromatic heterocycles. The van der Waals surface area contributed by atoms with E-state index >= 15 is 0 Å². The molecule has 5 aliphatic rings. The van der Waals surface area contributed by atoms with Crippen LogP contribution in [-0.4, -0.2) is 21.5 Å². The summed E-state index contributed by atoms with van der Waals surface area (Å²) in [4.78, 5) is 8.55. The molecule has 7 aromatic carbocycles. The minimum absolute atomic E-state index is 0.168. The topological polar surface area (TPSA) is 3.24 Å². The van der Waals surface area contributed by atoms with Crippen molar-refractivity contribution in [1.29, 1.82) is 0 Å². The van der Waals surface area contributed by atoms with Crippen LogP contribution in [0.4, 0.5) is 17.1 Å². The van der Waals surface area contributed by atoms with Crippen LogP contribution in [0, 0.1) is 34.6 Å². The first-order valence-corrected chi connectivity index (χ1v) is 22.5. The van der Waals surface area contributed by atoms with Gasteiger partial charge in [-0.2, -0.15) is 0 Å². The van der Waals surface area contributed by atoms with Crippen molar-refractivity contribution >= 4 is 116 Å². The number of aryl methyl sites for hydroxylation is 4. The molecular weight excluding hydrogens is 692 g/mol. The van der Waals surface area contributed by atoms with E-state index in [2.05, 4.69) is 161 Å². The van der Waals surface area contributed by atoms with E-state index < -0.39 is 8.07 Å². The highest BCUT2D eigenvalue weighted by molar-refractivity contribution is 8.01. The number of nitrogens with zero attached hydrogens (tertiary/aromatic N) is 1. The molecule has 1 nitrogen and oxygen atoms in total. The number of anilines is 3. The molecule has 0 saturated heterocycles. The number of hydrogen-bond donors (Lipinski definition) is 0. The maximum atomic E-state index is 2.82. The van der Waals surface area contributed by atoms with Crippen LogP contribution in [0.25, 0.3) is 0 Å². The smallest absolute Gasteiger partial charge is 0.249 e. The zero-order chi connectivity index (χ0) is 35.5. The largest absolute Gasteiger partial charge is 0.313 e. The third kappa shape index (κ3) is 3.75. The summed E-state index contributed by atoms with van der Waals surface area (Å²) in [6, 6.07) is 47.9. The molecule has 5 heterocycles. The van der Waals surface area contributed by atoms with Crippen molar-refractivity contribution in [2.24, 2.45) is 0 Å². The van der Waals surface area contributed by atoms with Crippen LogP contribution in [0.2, 0.25) is 0 Å². The van der Waals surface area contributed by atoms with Gasteiger partial charge in [-0.05, 0) is 94.9 Å². The van der Waals surface area contributed by atoms with Gasteiger partial charge in [0.05, 0.1) is 0 Å². The van der Waals surface area contributed by atoms with Crippen LogP contribution in [-0.2, 0) is 0 Å². The summed E-state index contributed by atoms with van der Waals surface area (Å²) < 4.78 is 0. The van der Waals surface area contributed by atoms with E-state index in [1.807, 2.05) is 23.5 Å². The van der Waals surface area contributed by atoms with E-state index in [-0.39, 0.29) is 13.4 Å². The van der Waals surface area contributed by atoms with Gasteiger partial charge in [-0.1, -0.05) is 166 Å². The fourth-order valence-corrected chi connectivity index (χ4v) is 18.7. The van der Waals surface area contributed by atoms with Crippen molar-refractivity contribution in [3.63, 3.8) is 0 Å². The van der Waals surface area contributed by atoms with Gasteiger partial charge in [0.1, 0.15) is 0 Å². The highest BCUT2D eigenvalue weighted by Crippen LogP contribution is 2.49. The second-order valence-corrected chi connectivity index (χ2v) is 21.8. The second kappa shape index (κ2) is 10.5. The van der Waals surface area contributed by atoms with Crippen molar-refractivity contribution in [1.82, 2.24) is 0 Å². The van der Waals surface area contributed by atoms with Gasteiger partial charge in [0.2, 0.25) is 13.4 Å². The van der Waals surface area contributed by atoms with E-state index in [0.717, 1.165) is 0 Å². The Balaban J connectivity index is 1.35. The first kappa shape index (κ1) is 30.8. The molecular formula is C47H35B2NS2Si.